The quantitative estimate of drug-likeness (QED) is 0.221. The van der Waals surface area contributed by atoms with E-state index in [1.165, 1.54) is 19.1 Å². The molecule has 12 heteroatoms. The first-order chi connectivity index (χ1) is 16.2. The number of carbonyl (C=O) groups is 1. The summed E-state index contributed by atoms with van der Waals surface area (Å²) in [4.78, 5) is 12.3. The summed E-state index contributed by atoms with van der Waals surface area (Å²) in [7, 11) is -3.91. The van der Waals surface area contributed by atoms with Crippen molar-refractivity contribution < 1.29 is 35.2 Å². The zero-order chi connectivity index (χ0) is 26.4. The van der Waals surface area contributed by atoms with Crippen LogP contribution in [0.4, 0.5) is 33.3 Å². The topological polar surface area (TPSA) is 87.3 Å². The minimum Gasteiger partial charge on any atom is -0.385 e. The lowest BCUT2D eigenvalue weighted by Gasteiger charge is -2.16. The summed E-state index contributed by atoms with van der Waals surface area (Å²) in [6.45, 7) is 3.84. The highest BCUT2D eigenvalue weighted by atomic mass is 32.2. The van der Waals surface area contributed by atoms with Gasteiger partial charge in [-0.05, 0) is 54.8 Å². The number of hydrogen-bond donors (Lipinski definition) is 3. The Kier molecular flexibility index (Phi) is 9.24. The second kappa shape index (κ2) is 11.5. The molecule has 2 rings (SSSR count). The van der Waals surface area contributed by atoms with Crippen molar-refractivity contribution in [2.75, 3.05) is 22.8 Å². The van der Waals surface area contributed by atoms with Gasteiger partial charge in [-0.3, -0.25) is 9.52 Å². The largest absolute Gasteiger partial charge is 0.416 e. The molecule has 3 N–H and O–H groups in total. The van der Waals surface area contributed by atoms with Gasteiger partial charge in [0, 0.05) is 18.3 Å². The number of unbranched alkanes of at least 4 members (excludes halogenated alkanes) is 1. The van der Waals surface area contributed by atoms with Gasteiger partial charge in [-0.1, -0.05) is 19.4 Å². The van der Waals surface area contributed by atoms with Crippen molar-refractivity contribution >= 4 is 33.4 Å². The minimum absolute atomic E-state index is 0.0391. The number of benzene rings is 2. The standard InChI is InChI=1S/C23H26F5N3O3S/c1-4-5-10-29-20-13-17(23(26,27)28)8-6-15(20)7-9-21(32)30-14(2)16-11-18(24)22(19(25)12-16)31-35(3,33)34/h6-9,11-14,29,31H,4-5,10H2,1-3H3,(H,30,32)/b9-7+/t14-/m1/s1. The molecule has 6 nitrogen and oxygen atoms in total. The highest BCUT2D eigenvalue weighted by Gasteiger charge is 2.30. The lowest BCUT2D eigenvalue weighted by Crippen LogP contribution is -2.25. The Morgan fingerprint density at radius 3 is 2.29 bits per heavy atom. The van der Waals surface area contributed by atoms with Crippen LogP contribution >= 0.6 is 0 Å². The normalized spacial score (nSPS) is 13.0. The Morgan fingerprint density at radius 1 is 1.11 bits per heavy atom. The number of nitrogens with one attached hydrogen (secondary N) is 3. The summed E-state index contributed by atoms with van der Waals surface area (Å²) in [5.74, 6) is -2.97. The van der Waals surface area contributed by atoms with Gasteiger partial charge < -0.3 is 10.6 Å². The molecule has 0 spiro atoms. The first-order valence-electron chi connectivity index (χ1n) is 10.6. The minimum atomic E-state index is -4.52. The van der Waals surface area contributed by atoms with Crippen LogP contribution < -0.4 is 15.4 Å². The maximum Gasteiger partial charge on any atom is 0.416 e. The van der Waals surface area contributed by atoms with Crippen molar-refractivity contribution in [3.63, 3.8) is 0 Å². The van der Waals surface area contributed by atoms with Crippen molar-refractivity contribution in [2.24, 2.45) is 0 Å². The molecule has 192 valence electrons. The summed E-state index contributed by atoms with van der Waals surface area (Å²) in [6, 6.07) is 4.02. The van der Waals surface area contributed by atoms with Crippen molar-refractivity contribution in [1.29, 1.82) is 0 Å². The fraction of sp³-hybridized carbons (Fsp3) is 0.348. The predicted octanol–water partition coefficient (Wildman–Crippen LogP) is 5.46. The summed E-state index contributed by atoms with van der Waals surface area (Å²) < 4.78 is 91.9. The average Bonchev–Trinajstić information content (AvgIpc) is 2.74. The number of carbonyl (C=O) groups excluding carboxylic acids is 1. The number of anilines is 2. The van der Waals surface area contributed by atoms with Crippen molar-refractivity contribution in [3.05, 3.63) is 64.7 Å². The Morgan fingerprint density at radius 2 is 1.74 bits per heavy atom. The maximum atomic E-state index is 14.2. The van der Waals surface area contributed by atoms with E-state index in [4.69, 9.17) is 0 Å². The molecule has 1 amide bonds. The number of alkyl halides is 3. The van der Waals surface area contributed by atoms with Gasteiger partial charge in [-0.15, -0.1) is 0 Å². The van der Waals surface area contributed by atoms with Crippen molar-refractivity contribution in [2.45, 2.75) is 38.9 Å². The Bertz CT molecular complexity index is 1170. The molecule has 2 aromatic carbocycles. The van der Waals surface area contributed by atoms with Crippen LogP contribution in [-0.4, -0.2) is 27.1 Å². The number of halogens is 5. The highest BCUT2D eigenvalue weighted by molar-refractivity contribution is 7.92. The van der Waals surface area contributed by atoms with Gasteiger partial charge >= 0.3 is 6.18 Å². The van der Waals surface area contributed by atoms with Gasteiger partial charge in [0.05, 0.1) is 17.9 Å². The molecule has 2 aromatic rings. The van der Waals surface area contributed by atoms with E-state index in [0.29, 0.717) is 12.1 Å². The molecule has 0 unspecified atom stereocenters. The Labute approximate surface area is 200 Å². The monoisotopic (exact) mass is 519 g/mol. The summed E-state index contributed by atoms with van der Waals surface area (Å²) >= 11 is 0. The second-order valence-corrected chi connectivity index (χ2v) is 9.63. The van der Waals surface area contributed by atoms with Gasteiger partial charge in [-0.2, -0.15) is 13.2 Å². The molecule has 0 radical (unpaired) electrons. The van der Waals surface area contributed by atoms with Crippen molar-refractivity contribution in [1.82, 2.24) is 5.32 Å². The van der Waals surface area contributed by atoms with Crippen LogP contribution in [0.3, 0.4) is 0 Å². The van der Waals surface area contributed by atoms with E-state index in [0.717, 1.165) is 49.4 Å². The van der Waals surface area contributed by atoms with Gasteiger partial charge in [0.25, 0.3) is 0 Å². The number of rotatable bonds is 10. The average molecular weight is 520 g/mol. The van der Waals surface area contributed by atoms with Crippen LogP contribution in [0.1, 0.15) is 49.4 Å². The molecule has 0 heterocycles. The lowest BCUT2D eigenvalue weighted by atomic mass is 10.1. The van der Waals surface area contributed by atoms with Crippen LogP contribution in [0, 0.1) is 11.6 Å². The molecule has 35 heavy (non-hydrogen) atoms. The van der Waals surface area contributed by atoms with Gasteiger partial charge in [0.15, 0.2) is 11.6 Å². The fourth-order valence-electron chi connectivity index (χ4n) is 3.07. The second-order valence-electron chi connectivity index (χ2n) is 7.88. The fourth-order valence-corrected chi connectivity index (χ4v) is 3.63. The molecule has 1 atom stereocenters. The molecule has 0 bridgehead atoms. The molecule has 0 aliphatic carbocycles. The summed E-state index contributed by atoms with van der Waals surface area (Å²) in [5, 5.41) is 5.43. The van der Waals surface area contributed by atoms with E-state index in [9.17, 15) is 35.2 Å². The molecule has 0 fully saturated rings. The maximum absolute atomic E-state index is 14.2. The molecule has 0 aliphatic heterocycles. The SMILES string of the molecule is CCCCNc1cc(C(F)(F)F)ccc1/C=C/C(=O)N[C@H](C)c1cc(F)c(NS(C)(=O)=O)c(F)c1. The van der Waals surface area contributed by atoms with E-state index in [1.54, 1.807) is 4.72 Å². The first-order valence-corrected chi connectivity index (χ1v) is 12.5. The Hall–Kier alpha value is -3.15. The third kappa shape index (κ3) is 8.53. The lowest BCUT2D eigenvalue weighted by molar-refractivity contribution is -0.137. The Balaban J connectivity index is 2.18. The molecule has 0 aliphatic rings. The predicted molar refractivity (Wildman–Crippen MR) is 125 cm³/mol. The van der Waals surface area contributed by atoms with E-state index < -0.39 is 51.0 Å². The van der Waals surface area contributed by atoms with Crippen LogP contribution in [0.15, 0.2) is 36.4 Å². The summed E-state index contributed by atoms with van der Waals surface area (Å²) in [5.41, 5.74) is -1.06. The van der Waals surface area contributed by atoms with E-state index >= 15 is 0 Å². The van der Waals surface area contributed by atoms with Crippen LogP contribution in [0.5, 0.6) is 0 Å². The molecular formula is C23H26F5N3O3S. The number of sulfonamides is 1. The van der Waals surface area contributed by atoms with Gasteiger partial charge in [0.1, 0.15) is 5.69 Å². The smallest absolute Gasteiger partial charge is 0.385 e. The number of amides is 1. The van der Waals surface area contributed by atoms with Crippen LogP contribution in [0.25, 0.3) is 6.08 Å². The van der Waals surface area contributed by atoms with E-state index in [1.807, 2.05) is 6.92 Å². The molecule has 0 saturated carbocycles. The van der Waals surface area contributed by atoms with Crippen molar-refractivity contribution in [3.8, 4) is 0 Å². The third-order valence-corrected chi connectivity index (χ3v) is 5.43. The molecule has 0 aromatic heterocycles. The van der Waals surface area contributed by atoms with Crippen LogP contribution in [-0.2, 0) is 21.0 Å². The van der Waals surface area contributed by atoms with Gasteiger partial charge in [-0.25, -0.2) is 17.2 Å². The highest BCUT2D eigenvalue weighted by Crippen LogP contribution is 2.32. The molecule has 0 saturated heterocycles. The van der Waals surface area contributed by atoms with Crippen LogP contribution in [0.2, 0.25) is 0 Å². The first kappa shape index (κ1) is 28.1. The summed E-state index contributed by atoms with van der Waals surface area (Å²) in [6.07, 6.45) is 0.226. The number of hydrogen-bond acceptors (Lipinski definition) is 4. The van der Waals surface area contributed by atoms with E-state index in [-0.39, 0.29) is 11.3 Å². The third-order valence-electron chi connectivity index (χ3n) is 4.85. The zero-order valence-electron chi connectivity index (χ0n) is 19.3. The molecular weight excluding hydrogens is 493 g/mol. The van der Waals surface area contributed by atoms with Gasteiger partial charge in [0.2, 0.25) is 15.9 Å². The zero-order valence-corrected chi connectivity index (χ0v) is 20.1. The van der Waals surface area contributed by atoms with E-state index in [2.05, 4.69) is 10.6 Å².